The number of nitrogens with zero attached hydrogens (tertiary/aromatic N) is 6. The van der Waals surface area contributed by atoms with Gasteiger partial charge in [-0.1, -0.05) is 24.3 Å². The van der Waals surface area contributed by atoms with Crippen molar-refractivity contribution < 1.29 is 0 Å². The SMILES string of the molecule is CN=C(NCc1cccc(Cn2cncn2)c1)NC(C)Cc1c(C)nn(C)c1C.I. The Bertz CT molecular complexity index is 962. The minimum Gasteiger partial charge on any atom is -0.354 e. The number of hydrogen-bond acceptors (Lipinski definition) is 4. The average Bonchev–Trinajstić information content (AvgIpc) is 3.29. The highest BCUT2D eigenvalue weighted by atomic mass is 127. The summed E-state index contributed by atoms with van der Waals surface area (Å²) in [7, 11) is 3.78. The third-order valence-corrected chi connectivity index (χ3v) is 5.04. The van der Waals surface area contributed by atoms with Gasteiger partial charge in [-0.2, -0.15) is 10.2 Å². The van der Waals surface area contributed by atoms with Gasteiger partial charge in [0.15, 0.2) is 5.96 Å². The zero-order valence-corrected chi connectivity index (χ0v) is 20.6. The first-order valence-corrected chi connectivity index (χ1v) is 9.82. The molecule has 9 heteroatoms. The molecule has 30 heavy (non-hydrogen) atoms. The molecule has 0 aliphatic heterocycles. The fourth-order valence-corrected chi connectivity index (χ4v) is 3.42. The standard InChI is InChI=1S/C21H30N8.HI/c1-15(9-20-16(2)27-28(5)17(20)3)26-21(22-4)24-11-18-7-6-8-19(10-18)12-29-14-23-13-25-29;/h6-8,10,13-15H,9,11-12H2,1-5H3,(H2,22,24,26);1H. The van der Waals surface area contributed by atoms with Gasteiger partial charge in [-0.25, -0.2) is 9.67 Å². The van der Waals surface area contributed by atoms with E-state index in [-0.39, 0.29) is 30.0 Å². The van der Waals surface area contributed by atoms with E-state index >= 15 is 0 Å². The summed E-state index contributed by atoms with van der Waals surface area (Å²) in [5.41, 5.74) is 5.98. The molecular formula is C21H31IN8. The van der Waals surface area contributed by atoms with Gasteiger partial charge in [0.05, 0.1) is 12.2 Å². The molecule has 1 aromatic carbocycles. The summed E-state index contributed by atoms with van der Waals surface area (Å²) in [6.45, 7) is 7.75. The predicted molar refractivity (Wildman–Crippen MR) is 130 cm³/mol. The summed E-state index contributed by atoms with van der Waals surface area (Å²) < 4.78 is 3.76. The third-order valence-electron chi connectivity index (χ3n) is 5.04. The maximum atomic E-state index is 4.51. The van der Waals surface area contributed by atoms with Crippen LogP contribution in [-0.4, -0.2) is 43.6 Å². The lowest BCUT2D eigenvalue weighted by Crippen LogP contribution is -2.42. The fourth-order valence-electron chi connectivity index (χ4n) is 3.42. The Morgan fingerprint density at radius 3 is 2.63 bits per heavy atom. The number of rotatable bonds is 7. The Morgan fingerprint density at radius 1 is 1.23 bits per heavy atom. The van der Waals surface area contributed by atoms with Crippen molar-refractivity contribution in [3.63, 3.8) is 0 Å². The van der Waals surface area contributed by atoms with Gasteiger partial charge in [0.25, 0.3) is 0 Å². The second-order valence-electron chi connectivity index (χ2n) is 7.36. The van der Waals surface area contributed by atoms with Crippen LogP contribution in [-0.2, 0) is 26.6 Å². The second-order valence-corrected chi connectivity index (χ2v) is 7.36. The normalized spacial score (nSPS) is 12.4. The van der Waals surface area contributed by atoms with Crippen LogP contribution in [0.15, 0.2) is 41.9 Å². The van der Waals surface area contributed by atoms with E-state index in [1.165, 1.54) is 22.4 Å². The van der Waals surface area contributed by atoms with Crippen LogP contribution in [0.3, 0.4) is 0 Å². The summed E-state index contributed by atoms with van der Waals surface area (Å²) in [4.78, 5) is 8.36. The molecule has 3 aromatic rings. The Hall–Kier alpha value is -2.43. The van der Waals surface area contributed by atoms with Crippen molar-refractivity contribution in [2.75, 3.05) is 7.05 Å². The Balaban J connectivity index is 0.00000320. The van der Waals surface area contributed by atoms with Gasteiger partial charge >= 0.3 is 0 Å². The van der Waals surface area contributed by atoms with Crippen molar-refractivity contribution in [3.05, 3.63) is 65.0 Å². The molecule has 0 bridgehead atoms. The minimum atomic E-state index is 0. The van der Waals surface area contributed by atoms with Crippen molar-refractivity contribution >= 4 is 29.9 Å². The zero-order valence-electron chi connectivity index (χ0n) is 18.3. The van der Waals surface area contributed by atoms with Gasteiger partial charge < -0.3 is 10.6 Å². The average molecular weight is 522 g/mol. The van der Waals surface area contributed by atoms with E-state index in [2.05, 4.69) is 75.8 Å². The molecule has 2 aromatic heterocycles. The van der Waals surface area contributed by atoms with Crippen LogP contribution in [0.25, 0.3) is 0 Å². The van der Waals surface area contributed by atoms with Gasteiger partial charge in [0.1, 0.15) is 12.7 Å². The predicted octanol–water partition coefficient (Wildman–Crippen LogP) is 2.59. The molecule has 1 atom stereocenters. The van der Waals surface area contributed by atoms with E-state index in [1.807, 2.05) is 16.4 Å². The van der Waals surface area contributed by atoms with E-state index in [0.29, 0.717) is 13.1 Å². The lowest BCUT2D eigenvalue weighted by atomic mass is 10.1. The summed E-state index contributed by atoms with van der Waals surface area (Å²) in [6, 6.07) is 8.68. The van der Waals surface area contributed by atoms with Crippen LogP contribution in [0.2, 0.25) is 0 Å². The smallest absolute Gasteiger partial charge is 0.191 e. The summed E-state index contributed by atoms with van der Waals surface area (Å²) >= 11 is 0. The monoisotopic (exact) mass is 522 g/mol. The van der Waals surface area contributed by atoms with Crippen molar-refractivity contribution in [2.45, 2.75) is 46.3 Å². The molecule has 0 fully saturated rings. The van der Waals surface area contributed by atoms with Gasteiger partial charge in [0, 0.05) is 32.4 Å². The quantitative estimate of drug-likeness (QED) is 0.283. The van der Waals surface area contributed by atoms with Crippen LogP contribution in [0, 0.1) is 13.8 Å². The molecule has 2 N–H and O–H groups in total. The maximum Gasteiger partial charge on any atom is 0.191 e. The van der Waals surface area contributed by atoms with E-state index in [9.17, 15) is 0 Å². The van der Waals surface area contributed by atoms with Crippen molar-refractivity contribution in [1.29, 1.82) is 0 Å². The van der Waals surface area contributed by atoms with E-state index in [4.69, 9.17) is 0 Å². The molecule has 3 rings (SSSR count). The van der Waals surface area contributed by atoms with Gasteiger partial charge in [-0.05, 0) is 43.9 Å². The first-order valence-electron chi connectivity index (χ1n) is 9.82. The highest BCUT2D eigenvalue weighted by Crippen LogP contribution is 2.14. The van der Waals surface area contributed by atoms with E-state index in [1.54, 1.807) is 19.7 Å². The minimum absolute atomic E-state index is 0. The molecule has 0 spiro atoms. The van der Waals surface area contributed by atoms with Crippen molar-refractivity contribution in [2.24, 2.45) is 12.0 Å². The van der Waals surface area contributed by atoms with Crippen LogP contribution in [0.1, 0.15) is 35.0 Å². The second kappa shape index (κ2) is 11.1. The molecule has 2 heterocycles. The number of nitrogens with one attached hydrogen (secondary N) is 2. The Morgan fingerprint density at radius 2 is 2.00 bits per heavy atom. The summed E-state index contributed by atoms with van der Waals surface area (Å²) in [5.74, 6) is 0.790. The lowest BCUT2D eigenvalue weighted by Gasteiger charge is -2.18. The maximum absolute atomic E-state index is 4.51. The molecule has 0 saturated heterocycles. The summed E-state index contributed by atoms with van der Waals surface area (Å²) in [5, 5.41) is 15.6. The number of benzene rings is 1. The number of guanidine groups is 1. The van der Waals surface area contributed by atoms with Crippen LogP contribution in [0.5, 0.6) is 0 Å². The van der Waals surface area contributed by atoms with E-state index < -0.39 is 0 Å². The Labute approximate surface area is 195 Å². The zero-order chi connectivity index (χ0) is 20.8. The molecule has 0 amide bonds. The molecule has 1 unspecified atom stereocenters. The lowest BCUT2D eigenvalue weighted by molar-refractivity contribution is 0.635. The van der Waals surface area contributed by atoms with Crippen LogP contribution >= 0.6 is 24.0 Å². The highest BCUT2D eigenvalue weighted by molar-refractivity contribution is 14.0. The van der Waals surface area contributed by atoms with Crippen molar-refractivity contribution in [3.8, 4) is 0 Å². The third kappa shape index (κ3) is 6.28. The van der Waals surface area contributed by atoms with E-state index in [0.717, 1.165) is 18.1 Å². The van der Waals surface area contributed by atoms with Gasteiger partial charge in [-0.3, -0.25) is 9.67 Å². The number of halogens is 1. The van der Waals surface area contributed by atoms with Gasteiger partial charge in [-0.15, -0.1) is 24.0 Å². The molecule has 0 radical (unpaired) electrons. The van der Waals surface area contributed by atoms with Crippen LogP contribution < -0.4 is 10.6 Å². The molecule has 0 saturated carbocycles. The number of hydrogen-bond donors (Lipinski definition) is 2. The molecule has 162 valence electrons. The van der Waals surface area contributed by atoms with Gasteiger partial charge in [0.2, 0.25) is 0 Å². The fraction of sp³-hybridized carbons (Fsp3) is 0.429. The summed E-state index contributed by atoms with van der Waals surface area (Å²) in [6.07, 6.45) is 4.18. The molecule has 0 aliphatic rings. The number of aromatic nitrogens is 5. The highest BCUT2D eigenvalue weighted by Gasteiger charge is 2.14. The number of aliphatic imine (C=N–C) groups is 1. The van der Waals surface area contributed by atoms with Crippen LogP contribution in [0.4, 0.5) is 0 Å². The first kappa shape index (κ1) is 23.8. The molecule has 8 nitrogen and oxygen atoms in total. The first-order chi connectivity index (χ1) is 14.0. The molecule has 0 aliphatic carbocycles. The van der Waals surface area contributed by atoms with Crippen molar-refractivity contribution in [1.82, 2.24) is 35.2 Å². The topological polar surface area (TPSA) is 84.9 Å². The Kier molecular flexibility index (Phi) is 8.82. The molecular weight excluding hydrogens is 491 g/mol. The number of aryl methyl sites for hydroxylation is 2. The largest absolute Gasteiger partial charge is 0.354 e.